The van der Waals surface area contributed by atoms with Gasteiger partial charge in [0.15, 0.2) is 5.13 Å². The predicted molar refractivity (Wildman–Crippen MR) is 78.8 cm³/mol. The largest absolute Gasteiger partial charge is 0.321 e. The molecule has 96 valence electrons. The normalized spacial score (nSPS) is 12.4. The Morgan fingerprint density at radius 2 is 1.94 bits per heavy atom. The predicted octanol–water partition coefficient (Wildman–Crippen LogP) is 3.50. The van der Waals surface area contributed by atoms with Crippen LogP contribution in [-0.4, -0.2) is 19.1 Å². The van der Waals surface area contributed by atoms with E-state index in [-0.39, 0.29) is 0 Å². The molecule has 1 atom stereocenters. The first-order valence-electron chi connectivity index (χ1n) is 6.05. The molecule has 0 saturated carbocycles. The molecule has 0 aliphatic rings. The lowest BCUT2D eigenvalue weighted by molar-refractivity contribution is 0.637. The van der Waals surface area contributed by atoms with Crippen molar-refractivity contribution < 1.29 is 0 Å². The number of benzene rings is 1. The second-order valence-corrected chi connectivity index (χ2v) is 5.30. The van der Waals surface area contributed by atoms with Gasteiger partial charge in [-0.1, -0.05) is 17.7 Å². The highest BCUT2D eigenvalue weighted by atomic mass is 32.1. The van der Waals surface area contributed by atoms with E-state index in [1.54, 1.807) is 11.3 Å². The Balaban J connectivity index is 2.20. The van der Waals surface area contributed by atoms with E-state index in [2.05, 4.69) is 65.7 Å². The van der Waals surface area contributed by atoms with Gasteiger partial charge >= 0.3 is 0 Å². The van der Waals surface area contributed by atoms with Crippen LogP contribution in [0.5, 0.6) is 0 Å². The maximum absolute atomic E-state index is 4.66. The molecule has 0 bridgehead atoms. The topological polar surface area (TPSA) is 28.2 Å². The number of nitrogens with zero attached hydrogens (tertiary/aromatic N) is 2. The first-order chi connectivity index (χ1) is 8.61. The molecule has 0 fully saturated rings. The summed E-state index contributed by atoms with van der Waals surface area (Å²) < 4.78 is 0. The molecule has 0 amide bonds. The molecule has 0 aliphatic carbocycles. The fraction of sp³-hybridized carbons (Fsp3) is 0.357. The van der Waals surface area contributed by atoms with Crippen molar-refractivity contribution in [3.05, 3.63) is 40.9 Å². The van der Waals surface area contributed by atoms with Crippen LogP contribution in [0, 0.1) is 6.92 Å². The molecule has 2 rings (SSSR count). The Morgan fingerprint density at radius 3 is 2.56 bits per heavy atom. The summed E-state index contributed by atoms with van der Waals surface area (Å²) in [5, 5.41) is 6.34. The van der Waals surface area contributed by atoms with Gasteiger partial charge < -0.3 is 10.2 Å². The summed E-state index contributed by atoms with van der Waals surface area (Å²) in [6, 6.07) is 8.78. The average Bonchev–Trinajstić information content (AvgIpc) is 2.87. The van der Waals surface area contributed by atoms with Crippen molar-refractivity contribution in [2.24, 2.45) is 0 Å². The van der Waals surface area contributed by atoms with Crippen LogP contribution < -0.4 is 10.2 Å². The zero-order valence-corrected chi connectivity index (χ0v) is 12.1. The van der Waals surface area contributed by atoms with Gasteiger partial charge in [0, 0.05) is 24.2 Å². The molecule has 0 aliphatic heterocycles. The summed E-state index contributed by atoms with van der Waals surface area (Å²) in [5.74, 6) is 0. The fourth-order valence-electron chi connectivity index (χ4n) is 1.66. The molecule has 3 nitrogen and oxygen atoms in total. The minimum absolute atomic E-state index is 0.293. The highest BCUT2D eigenvalue weighted by Crippen LogP contribution is 2.28. The summed E-state index contributed by atoms with van der Waals surface area (Å²) in [7, 11) is 4.00. The van der Waals surface area contributed by atoms with Crippen molar-refractivity contribution in [1.29, 1.82) is 0 Å². The van der Waals surface area contributed by atoms with E-state index < -0.39 is 0 Å². The van der Waals surface area contributed by atoms with Crippen molar-refractivity contribution >= 4 is 22.2 Å². The smallest absolute Gasteiger partial charge is 0.189 e. The van der Waals surface area contributed by atoms with Gasteiger partial charge in [-0.05, 0) is 33.0 Å². The number of hydrogen-bond donors (Lipinski definition) is 1. The third-order valence-corrected chi connectivity index (χ3v) is 4.03. The van der Waals surface area contributed by atoms with E-state index in [1.165, 1.54) is 11.3 Å². The highest BCUT2D eigenvalue weighted by molar-refractivity contribution is 7.13. The number of hydrogen-bond acceptors (Lipinski definition) is 4. The molecule has 1 heterocycles. The zero-order chi connectivity index (χ0) is 13.1. The van der Waals surface area contributed by atoms with Gasteiger partial charge in [-0.3, -0.25) is 0 Å². The quantitative estimate of drug-likeness (QED) is 0.913. The Morgan fingerprint density at radius 1 is 1.28 bits per heavy atom. The molecule has 2 aromatic rings. The van der Waals surface area contributed by atoms with Crippen LogP contribution >= 0.6 is 11.3 Å². The van der Waals surface area contributed by atoms with Gasteiger partial charge in [-0.2, -0.15) is 0 Å². The Kier molecular flexibility index (Phi) is 3.99. The lowest BCUT2D eigenvalue weighted by atomic mass is 10.2. The van der Waals surface area contributed by atoms with Crippen molar-refractivity contribution in [3.8, 4) is 0 Å². The molecule has 1 N–H and O–H groups in total. The highest BCUT2D eigenvalue weighted by Gasteiger charge is 2.11. The maximum atomic E-state index is 4.66. The molecule has 1 aromatic carbocycles. The average molecular weight is 261 g/mol. The summed E-state index contributed by atoms with van der Waals surface area (Å²) in [5.41, 5.74) is 3.53. The van der Waals surface area contributed by atoms with Crippen LogP contribution in [0.2, 0.25) is 0 Å². The molecule has 0 saturated heterocycles. The summed E-state index contributed by atoms with van der Waals surface area (Å²) in [4.78, 5) is 6.78. The fourth-order valence-corrected chi connectivity index (χ4v) is 2.56. The maximum Gasteiger partial charge on any atom is 0.189 e. The standard InChI is InChI=1S/C14H19N3S/c1-10-5-7-12(8-6-10)17(4)14-16-13(9-18-14)11(2)15-3/h5-9,11,15H,1-4H3. The van der Waals surface area contributed by atoms with E-state index in [1.807, 2.05) is 7.05 Å². The van der Waals surface area contributed by atoms with Gasteiger partial charge in [0.25, 0.3) is 0 Å². The molecule has 0 radical (unpaired) electrons. The monoisotopic (exact) mass is 261 g/mol. The number of aromatic nitrogens is 1. The van der Waals surface area contributed by atoms with E-state index in [9.17, 15) is 0 Å². The number of aryl methyl sites for hydroxylation is 1. The minimum atomic E-state index is 0.293. The van der Waals surface area contributed by atoms with Gasteiger partial charge in [-0.25, -0.2) is 4.98 Å². The number of thiazole rings is 1. The van der Waals surface area contributed by atoms with Crippen LogP contribution in [0.1, 0.15) is 24.2 Å². The molecule has 1 aromatic heterocycles. The molecule has 4 heteroatoms. The Hall–Kier alpha value is -1.39. The van der Waals surface area contributed by atoms with E-state index >= 15 is 0 Å². The molecule has 0 spiro atoms. The number of rotatable bonds is 4. The molecular weight excluding hydrogens is 242 g/mol. The van der Waals surface area contributed by atoms with E-state index in [4.69, 9.17) is 0 Å². The van der Waals surface area contributed by atoms with Crippen molar-refractivity contribution in [2.75, 3.05) is 19.0 Å². The van der Waals surface area contributed by atoms with Crippen molar-refractivity contribution in [1.82, 2.24) is 10.3 Å². The van der Waals surface area contributed by atoms with E-state index in [0.717, 1.165) is 10.8 Å². The zero-order valence-electron chi connectivity index (χ0n) is 11.3. The second-order valence-electron chi connectivity index (χ2n) is 4.46. The third-order valence-electron chi connectivity index (χ3n) is 3.09. The first-order valence-corrected chi connectivity index (χ1v) is 6.93. The Labute approximate surface area is 112 Å². The van der Waals surface area contributed by atoms with Gasteiger partial charge in [-0.15, -0.1) is 11.3 Å². The van der Waals surface area contributed by atoms with Crippen molar-refractivity contribution in [2.45, 2.75) is 19.9 Å². The molecule has 1 unspecified atom stereocenters. The first kappa shape index (κ1) is 13.1. The van der Waals surface area contributed by atoms with Crippen LogP contribution in [0.4, 0.5) is 10.8 Å². The minimum Gasteiger partial charge on any atom is -0.321 e. The molecule has 18 heavy (non-hydrogen) atoms. The molecular formula is C14H19N3S. The van der Waals surface area contributed by atoms with Gasteiger partial charge in [0.05, 0.1) is 5.69 Å². The van der Waals surface area contributed by atoms with Crippen LogP contribution in [0.3, 0.4) is 0 Å². The van der Waals surface area contributed by atoms with Gasteiger partial charge in [0.1, 0.15) is 0 Å². The SMILES string of the molecule is CNC(C)c1csc(N(C)c2ccc(C)cc2)n1. The number of anilines is 2. The lowest BCUT2D eigenvalue weighted by Crippen LogP contribution is -2.13. The second kappa shape index (κ2) is 5.50. The third kappa shape index (κ3) is 2.71. The van der Waals surface area contributed by atoms with E-state index in [0.29, 0.717) is 6.04 Å². The van der Waals surface area contributed by atoms with Crippen LogP contribution in [0.15, 0.2) is 29.6 Å². The summed E-state index contributed by atoms with van der Waals surface area (Å²) >= 11 is 1.68. The van der Waals surface area contributed by atoms with Crippen molar-refractivity contribution in [3.63, 3.8) is 0 Å². The van der Waals surface area contributed by atoms with Crippen LogP contribution in [0.25, 0.3) is 0 Å². The van der Waals surface area contributed by atoms with Crippen LogP contribution in [-0.2, 0) is 0 Å². The summed E-state index contributed by atoms with van der Waals surface area (Å²) in [6.07, 6.45) is 0. The Bertz CT molecular complexity index is 504. The number of nitrogens with one attached hydrogen (secondary N) is 1. The van der Waals surface area contributed by atoms with Gasteiger partial charge in [0.2, 0.25) is 0 Å². The summed E-state index contributed by atoms with van der Waals surface area (Å²) in [6.45, 7) is 4.21. The lowest BCUT2D eigenvalue weighted by Gasteiger charge is -2.16.